The molecule has 0 radical (unpaired) electrons. The Morgan fingerprint density at radius 3 is 2.46 bits per heavy atom. The molecule has 0 saturated carbocycles. The van der Waals surface area contributed by atoms with E-state index in [1.54, 1.807) is 61.5 Å². The van der Waals surface area contributed by atoms with Gasteiger partial charge in [0.2, 0.25) is 12.1 Å². The molecular formula is C27H23BrN6O3. The first-order chi connectivity index (χ1) is 17.9. The number of nitrogens with zero attached hydrogens (tertiary/aromatic N) is 3. The molecule has 0 aromatic heterocycles. The van der Waals surface area contributed by atoms with Crippen LogP contribution in [0.25, 0.3) is 0 Å². The predicted octanol–water partition coefficient (Wildman–Crippen LogP) is 4.26. The van der Waals surface area contributed by atoms with E-state index in [0.29, 0.717) is 39.2 Å². The zero-order valence-corrected chi connectivity index (χ0v) is 21.4. The van der Waals surface area contributed by atoms with E-state index in [2.05, 4.69) is 36.9 Å². The highest BCUT2D eigenvalue weighted by Crippen LogP contribution is 2.28. The first-order valence-electron chi connectivity index (χ1n) is 11.4. The summed E-state index contributed by atoms with van der Waals surface area (Å²) in [6.07, 6.45) is -1.30. The number of halogens is 1. The van der Waals surface area contributed by atoms with Crippen molar-refractivity contribution in [2.75, 3.05) is 20.9 Å². The highest BCUT2D eigenvalue weighted by atomic mass is 79.9. The second-order valence-corrected chi connectivity index (χ2v) is 8.72. The van der Waals surface area contributed by atoms with Crippen molar-refractivity contribution < 1.29 is 14.4 Å². The van der Waals surface area contributed by atoms with Crippen molar-refractivity contribution in [1.29, 1.82) is 5.26 Å². The Hall–Kier alpha value is -4.49. The minimum absolute atomic E-state index is 0.319. The number of nitriles is 1. The van der Waals surface area contributed by atoms with Crippen LogP contribution >= 0.6 is 15.9 Å². The number of benzodiazepines with no additional fused rings is 1. The molecule has 1 heterocycles. The maximum atomic E-state index is 13.8. The van der Waals surface area contributed by atoms with Gasteiger partial charge in [-0.2, -0.15) is 5.26 Å². The fourth-order valence-electron chi connectivity index (χ4n) is 3.90. The van der Waals surface area contributed by atoms with Gasteiger partial charge in [0.15, 0.2) is 0 Å². The smallest absolute Gasteiger partial charge is 0.321 e. The zero-order chi connectivity index (χ0) is 26.4. The number of anilines is 3. The number of nitrogens with one attached hydrogen (secondary N) is 3. The van der Waals surface area contributed by atoms with Crippen LogP contribution in [0, 0.1) is 11.3 Å². The van der Waals surface area contributed by atoms with Gasteiger partial charge in [-0.3, -0.25) is 19.5 Å². The molecule has 186 valence electrons. The number of hydrogen-bond donors (Lipinski definition) is 3. The van der Waals surface area contributed by atoms with Gasteiger partial charge in [-0.1, -0.05) is 58.4 Å². The fraction of sp³-hybridized carbons (Fsp3) is 0.148. The topological polar surface area (TPSA) is 127 Å². The summed E-state index contributed by atoms with van der Waals surface area (Å²) in [6, 6.07) is 22.9. The number of rotatable bonds is 6. The number of urea groups is 1. The Morgan fingerprint density at radius 1 is 1.03 bits per heavy atom. The number of aliphatic imine (C=N–C) groups is 1. The third kappa shape index (κ3) is 5.85. The second kappa shape index (κ2) is 11.5. The van der Waals surface area contributed by atoms with E-state index in [0.717, 1.165) is 0 Å². The third-order valence-electron chi connectivity index (χ3n) is 5.68. The van der Waals surface area contributed by atoms with E-state index in [4.69, 9.17) is 5.26 Å². The zero-order valence-electron chi connectivity index (χ0n) is 19.8. The number of carbonyl (C=O) groups is 3. The highest BCUT2D eigenvalue weighted by Gasteiger charge is 2.37. The number of hydrogen-bond acceptors (Lipinski definition) is 5. The van der Waals surface area contributed by atoms with Crippen LogP contribution in [0.3, 0.4) is 0 Å². The Bertz CT molecular complexity index is 1400. The number of carbonyl (C=O) groups excluding carboxylic acids is 3. The van der Waals surface area contributed by atoms with Crippen LogP contribution in [0.5, 0.6) is 0 Å². The number of alkyl halides is 1. The molecule has 3 N–H and O–H groups in total. The van der Waals surface area contributed by atoms with E-state index in [9.17, 15) is 14.4 Å². The lowest BCUT2D eigenvalue weighted by Gasteiger charge is -2.30. The van der Waals surface area contributed by atoms with Gasteiger partial charge in [0.1, 0.15) is 6.04 Å². The summed E-state index contributed by atoms with van der Waals surface area (Å²) in [5.41, 5.74) is 3.08. The lowest BCUT2D eigenvalue weighted by Crippen LogP contribution is -2.54. The molecule has 4 amide bonds. The fourth-order valence-corrected chi connectivity index (χ4v) is 4.35. The highest BCUT2D eigenvalue weighted by molar-refractivity contribution is 9.09. The molecule has 9 nitrogen and oxygen atoms in total. The summed E-state index contributed by atoms with van der Waals surface area (Å²) >= 11 is 3.43. The summed E-state index contributed by atoms with van der Waals surface area (Å²) < 4.78 is 0. The number of amides is 4. The van der Waals surface area contributed by atoms with Crippen molar-refractivity contribution in [2.45, 2.75) is 19.1 Å². The van der Waals surface area contributed by atoms with Crippen molar-refractivity contribution in [3.8, 4) is 6.07 Å². The van der Waals surface area contributed by atoms with Gasteiger partial charge in [-0.25, -0.2) is 4.79 Å². The molecule has 1 aliphatic heterocycles. The molecule has 3 aromatic rings. The SMILES string of the molecule is CC(C(=O)Nc1ccccc1)N1C(=O)C(NC(=O)Nc2cccc(C#N)c2)N=C(CBr)c2ccccc21. The van der Waals surface area contributed by atoms with Gasteiger partial charge in [-0.15, -0.1) is 0 Å². The minimum atomic E-state index is -1.30. The van der Waals surface area contributed by atoms with Gasteiger partial charge in [0, 0.05) is 22.3 Å². The van der Waals surface area contributed by atoms with Crippen LogP contribution < -0.4 is 20.9 Å². The van der Waals surface area contributed by atoms with Crippen LogP contribution in [0.15, 0.2) is 83.9 Å². The second-order valence-electron chi connectivity index (χ2n) is 8.16. The molecule has 0 fully saturated rings. The molecule has 2 atom stereocenters. The van der Waals surface area contributed by atoms with Gasteiger partial charge in [0.25, 0.3) is 5.91 Å². The van der Waals surface area contributed by atoms with Crippen LogP contribution in [-0.2, 0) is 9.59 Å². The normalized spacial score (nSPS) is 15.4. The number of para-hydroxylation sites is 2. The minimum Gasteiger partial charge on any atom is -0.324 e. The van der Waals surface area contributed by atoms with Gasteiger partial charge < -0.3 is 16.0 Å². The van der Waals surface area contributed by atoms with E-state index >= 15 is 0 Å². The van der Waals surface area contributed by atoms with Gasteiger partial charge >= 0.3 is 6.03 Å². The predicted molar refractivity (Wildman–Crippen MR) is 146 cm³/mol. The molecule has 3 aromatic carbocycles. The third-order valence-corrected chi connectivity index (χ3v) is 6.21. The maximum absolute atomic E-state index is 13.8. The molecule has 0 bridgehead atoms. The first-order valence-corrected chi connectivity index (χ1v) is 12.5. The standard InChI is InChI=1S/C27H23BrN6O3/c1-17(25(35)30-19-9-3-2-4-10-19)34-23-13-6-5-12-21(23)22(15-28)32-24(26(34)36)33-27(37)31-20-11-7-8-18(14-20)16-29/h2-14,17,24H,15H2,1H3,(H,30,35)(H2,31,33,37). The quantitative estimate of drug-likeness (QED) is 0.390. The molecule has 10 heteroatoms. The molecule has 4 rings (SSSR count). The van der Waals surface area contributed by atoms with Gasteiger partial charge in [0.05, 0.1) is 23.0 Å². The molecule has 0 saturated heterocycles. The van der Waals surface area contributed by atoms with E-state index in [1.165, 1.54) is 11.0 Å². The van der Waals surface area contributed by atoms with E-state index in [-0.39, 0.29) is 0 Å². The first kappa shape index (κ1) is 25.6. The lowest BCUT2D eigenvalue weighted by molar-refractivity contribution is -0.124. The Morgan fingerprint density at radius 2 is 1.73 bits per heavy atom. The van der Waals surface area contributed by atoms with Crippen molar-refractivity contribution >= 4 is 56.5 Å². The van der Waals surface area contributed by atoms with Crippen molar-refractivity contribution in [2.24, 2.45) is 4.99 Å². The largest absolute Gasteiger partial charge is 0.324 e. The summed E-state index contributed by atoms with van der Waals surface area (Å²) in [7, 11) is 0. The molecule has 37 heavy (non-hydrogen) atoms. The van der Waals surface area contributed by atoms with E-state index in [1.807, 2.05) is 24.3 Å². The molecule has 0 spiro atoms. The Labute approximate surface area is 222 Å². The van der Waals surface area contributed by atoms with Crippen molar-refractivity contribution in [3.05, 3.63) is 90.0 Å². The molecular weight excluding hydrogens is 536 g/mol. The molecule has 0 aliphatic carbocycles. The number of fused-ring (bicyclic) bond motifs is 1. The monoisotopic (exact) mass is 558 g/mol. The van der Waals surface area contributed by atoms with Crippen molar-refractivity contribution in [3.63, 3.8) is 0 Å². The van der Waals surface area contributed by atoms with E-state index < -0.39 is 30.1 Å². The molecule has 1 aliphatic rings. The van der Waals surface area contributed by atoms with Crippen LogP contribution in [0.2, 0.25) is 0 Å². The Balaban J connectivity index is 1.64. The van der Waals surface area contributed by atoms with Crippen LogP contribution in [0.1, 0.15) is 18.1 Å². The van der Waals surface area contributed by atoms with Crippen molar-refractivity contribution in [1.82, 2.24) is 5.32 Å². The summed E-state index contributed by atoms with van der Waals surface area (Å²) in [4.78, 5) is 45.7. The average molecular weight is 559 g/mol. The van der Waals surface area contributed by atoms with Crippen LogP contribution in [0.4, 0.5) is 21.9 Å². The summed E-state index contributed by atoms with van der Waals surface area (Å²) in [6.45, 7) is 1.62. The summed E-state index contributed by atoms with van der Waals surface area (Å²) in [5.74, 6) is -0.965. The summed E-state index contributed by atoms with van der Waals surface area (Å²) in [5, 5.41) is 17.5. The Kier molecular flexibility index (Phi) is 7.95. The molecule has 2 unspecified atom stereocenters. The van der Waals surface area contributed by atoms with Crippen LogP contribution in [-0.4, -0.2) is 41.1 Å². The lowest BCUT2D eigenvalue weighted by atomic mass is 10.1. The van der Waals surface area contributed by atoms with Gasteiger partial charge in [-0.05, 0) is 43.3 Å². The average Bonchev–Trinajstić information content (AvgIpc) is 3.03. The maximum Gasteiger partial charge on any atom is 0.321 e. The number of benzene rings is 3.